The average Bonchev–Trinajstić information content (AvgIpc) is 2.28. The second-order valence-corrected chi connectivity index (χ2v) is 3.25. The number of hydrogen-bond acceptors (Lipinski definition) is 5. The van der Waals surface area contributed by atoms with Gasteiger partial charge in [-0.2, -0.15) is 0 Å². The summed E-state index contributed by atoms with van der Waals surface area (Å²) < 4.78 is 0. The maximum Gasteiger partial charge on any atom is 0.328 e. The van der Waals surface area contributed by atoms with Crippen molar-refractivity contribution in [3.63, 3.8) is 0 Å². The number of aliphatic hydroxyl groups is 1. The molecule has 0 aliphatic carbocycles. The van der Waals surface area contributed by atoms with Gasteiger partial charge in [-0.3, -0.25) is 4.79 Å². The molecule has 0 aromatic heterocycles. The van der Waals surface area contributed by atoms with Crippen molar-refractivity contribution in [2.45, 2.75) is 6.04 Å². The lowest BCUT2D eigenvalue weighted by Crippen LogP contribution is -2.43. The number of carboxylic acid groups (broad SMARTS) is 1. The molecule has 0 unspecified atom stereocenters. The molecule has 1 rings (SSSR count). The summed E-state index contributed by atoms with van der Waals surface area (Å²) in [5.41, 5.74) is -0.0278. The number of carbonyl (C=O) groups is 2. The summed E-state index contributed by atoms with van der Waals surface area (Å²) in [7, 11) is 0. The number of phenolic OH excluding ortho intramolecular Hbond substituents is 2. The summed E-state index contributed by atoms with van der Waals surface area (Å²) in [5, 5.41) is 37.5. The molecule has 17 heavy (non-hydrogen) atoms. The molecule has 0 radical (unpaired) electrons. The topological polar surface area (TPSA) is 127 Å². The molecule has 1 atom stereocenters. The number of nitrogens with one attached hydrogen (secondary N) is 1. The van der Waals surface area contributed by atoms with Crippen LogP contribution in [0.1, 0.15) is 10.4 Å². The van der Waals surface area contributed by atoms with Crippen molar-refractivity contribution in [1.82, 2.24) is 5.32 Å². The largest absolute Gasteiger partial charge is 0.504 e. The van der Waals surface area contributed by atoms with Gasteiger partial charge in [0, 0.05) is 5.56 Å². The molecule has 1 aromatic carbocycles. The zero-order valence-electron chi connectivity index (χ0n) is 8.62. The lowest BCUT2D eigenvalue weighted by molar-refractivity contribution is -0.140. The number of amides is 1. The van der Waals surface area contributed by atoms with Crippen molar-refractivity contribution < 1.29 is 30.0 Å². The highest BCUT2D eigenvalue weighted by Gasteiger charge is 2.19. The van der Waals surface area contributed by atoms with E-state index in [0.29, 0.717) is 0 Å². The minimum Gasteiger partial charge on any atom is -0.504 e. The van der Waals surface area contributed by atoms with Crippen molar-refractivity contribution >= 4 is 11.9 Å². The predicted octanol–water partition coefficient (Wildman–Crippen LogP) is -0.727. The first kappa shape index (κ1) is 12.8. The van der Waals surface area contributed by atoms with Crippen molar-refractivity contribution in [2.75, 3.05) is 6.61 Å². The van der Waals surface area contributed by atoms with Crippen molar-refractivity contribution in [3.05, 3.63) is 23.8 Å². The maximum atomic E-state index is 11.5. The van der Waals surface area contributed by atoms with Crippen LogP contribution in [0, 0.1) is 0 Å². The quantitative estimate of drug-likeness (QED) is 0.442. The Balaban J connectivity index is 2.82. The molecule has 0 saturated heterocycles. The molecular formula is C10H11NO6. The Kier molecular flexibility index (Phi) is 3.89. The van der Waals surface area contributed by atoms with Crippen LogP contribution >= 0.6 is 0 Å². The normalized spacial score (nSPS) is 11.8. The highest BCUT2D eigenvalue weighted by atomic mass is 16.4. The predicted molar refractivity (Wildman–Crippen MR) is 55.7 cm³/mol. The third kappa shape index (κ3) is 3.08. The zero-order valence-corrected chi connectivity index (χ0v) is 8.62. The van der Waals surface area contributed by atoms with E-state index < -0.39 is 36.0 Å². The van der Waals surface area contributed by atoms with Crippen molar-refractivity contribution in [1.29, 1.82) is 0 Å². The standard InChI is InChI=1S/C10H11NO6/c12-4-6(10(16)17)11-9(15)5-1-2-7(13)8(14)3-5/h1-3,6,12-14H,4H2,(H,11,15)(H,16,17)/t6-/m1/s1. The molecule has 7 nitrogen and oxygen atoms in total. The summed E-state index contributed by atoms with van der Waals surface area (Å²) in [5.74, 6) is -3.03. The molecule has 92 valence electrons. The van der Waals surface area contributed by atoms with Crippen LogP contribution in [0.15, 0.2) is 18.2 Å². The van der Waals surface area contributed by atoms with E-state index in [-0.39, 0.29) is 5.56 Å². The molecule has 0 saturated carbocycles. The fourth-order valence-corrected chi connectivity index (χ4v) is 1.09. The fourth-order valence-electron chi connectivity index (χ4n) is 1.09. The monoisotopic (exact) mass is 241 g/mol. The van der Waals surface area contributed by atoms with Gasteiger partial charge in [0.15, 0.2) is 17.5 Å². The summed E-state index contributed by atoms with van der Waals surface area (Å²) in [4.78, 5) is 22.1. The number of benzene rings is 1. The van der Waals surface area contributed by atoms with Crippen LogP contribution in [0.5, 0.6) is 11.5 Å². The van der Waals surface area contributed by atoms with E-state index in [1.54, 1.807) is 0 Å². The lowest BCUT2D eigenvalue weighted by atomic mass is 10.1. The fraction of sp³-hybridized carbons (Fsp3) is 0.200. The molecular weight excluding hydrogens is 230 g/mol. The van der Waals surface area contributed by atoms with Crippen molar-refractivity contribution in [2.24, 2.45) is 0 Å². The molecule has 1 aromatic rings. The number of phenols is 2. The summed E-state index contributed by atoms with van der Waals surface area (Å²) in [6, 6.07) is 1.87. The first-order valence-corrected chi connectivity index (χ1v) is 4.62. The average molecular weight is 241 g/mol. The van der Waals surface area contributed by atoms with Crippen LogP contribution in [-0.4, -0.2) is 45.0 Å². The Morgan fingerprint density at radius 3 is 2.35 bits per heavy atom. The highest BCUT2D eigenvalue weighted by molar-refractivity contribution is 5.97. The summed E-state index contributed by atoms with van der Waals surface area (Å²) >= 11 is 0. The van der Waals surface area contributed by atoms with Gasteiger partial charge in [0.2, 0.25) is 0 Å². The lowest BCUT2D eigenvalue weighted by Gasteiger charge is -2.11. The minimum atomic E-state index is -1.42. The second-order valence-electron chi connectivity index (χ2n) is 3.25. The smallest absolute Gasteiger partial charge is 0.328 e. The van der Waals surface area contributed by atoms with Gasteiger partial charge >= 0.3 is 5.97 Å². The first-order chi connectivity index (χ1) is 7.95. The minimum absolute atomic E-state index is 0.0278. The summed E-state index contributed by atoms with van der Waals surface area (Å²) in [6.45, 7) is -0.745. The number of aromatic hydroxyl groups is 2. The van der Waals surface area contributed by atoms with E-state index in [9.17, 15) is 9.59 Å². The van der Waals surface area contributed by atoms with Gasteiger partial charge in [-0.25, -0.2) is 4.79 Å². The number of aliphatic carboxylic acids is 1. The van der Waals surface area contributed by atoms with Gasteiger partial charge in [-0.1, -0.05) is 0 Å². The van der Waals surface area contributed by atoms with Gasteiger partial charge in [0.05, 0.1) is 6.61 Å². The van der Waals surface area contributed by atoms with Crippen LogP contribution in [-0.2, 0) is 4.79 Å². The van der Waals surface area contributed by atoms with E-state index in [0.717, 1.165) is 12.1 Å². The van der Waals surface area contributed by atoms with Crippen LogP contribution in [0.3, 0.4) is 0 Å². The molecule has 1 amide bonds. The number of aliphatic hydroxyl groups excluding tert-OH is 1. The number of carboxylic acids is 1. The Morgan fingerprint density at radius 2 is 1.88 bits per heavy atom. The van der Waals surface area contributed by atoms with Crippen LogP contribution in [0.4, 0.5) is 0 Å². The molecule has 7 heteroatoms. The molecule has 5 N–H and O–H groups in total. The first-order valence-electron chi connectivity index (χ1n) is 4.62. The molecule has 0 aliphatic heterocycles. The van der Waals surface area contributed by atoms with Crippen LogP contribution in [0.2, 0.25) is 0 Å². The Bertz CT molecular complexity index is 444. The molecule has 0 spiro atoms. The Morgan fingerprint density at radius 1 is 1.24 bits per heavy atom. The third-order valence-electron chi connectivity index (χ3n) is 2.02. The van der Waals surface area contributed by atoms with E-state index in [2.05, 4.69) is 0 Å². The number of hydrogen-bond donors (Lipinski definition) is 5. The highest BCUT2D eigenvalue weighted by Crippen LogP contribution is 2.24. The molecule has 0 heterocycles. The van der Waals surface area contributed by atoms with Gasteiger partial charge in [-0.05, 0) is 18.2 Å². The van der Waals surface area contributed by atoms with E-state index in [4.69, 9.17) is 20.4 Å². The second kappa shape index (κ2) is 5.17. The van der Waals surface area contributed by atoms with E-state index >= 15 is 0 Å². The molecule has 0 fully saturated rings. The zero-order chi connectivity index (χ0) is 13.0. The van der Waals surface area contributed by atoms with Gasteiger partial charge in [-0.15, -0.1) is 0 Å². The Hall–Kier alpha value is -2.28. The third-order valence-corrected chi connectivity index (χ3v) is 2.02. The van der Waals surface area contributed by atoms with Gasteiger partial charge < -0.3 is 25.7 Å². The SMILES string of the molecule is O=C(N[C@H](CO)C(=O)O)c1ccc(O)c(O)c1. The number of rotatable bonds is 4. The van der Waals surface area contributed by atoms with Crippen LogP contribution in [0.25, 0.3) is 0 Å². The summed E-state index contributed by atoms with van der Waals surface area (Å²) in [6.07, 6.45) is 0. The van der Waals surface area contributed by atoms with Gasteiger partial charge in [0.1, 0.15) is 0 Å². The number of carbonyl (C=O) groups excluding carboxylic acids is 1. The van der Waals surface area contributed by atoms with Crippen LogP contribution < -0.4 is 5.32 Å². The molecule has 0 aliphatic rings. The van der Waals surface area contributed by atoms with E-state index in [1.165, 1.54) is 6.07 Å². The molecule has 0 bridgehead atoms. The maximum absolute atomic E-state index is 11.5. The Labute approximate surface area is 95.9 Å². The van der Waals surface area contributed by atoms with Crippen molar-refractivity contribution in [3.8, 4) is 11.5 Å². The van der Waals surface area contributed by atoms with E-state index in [1.807, 2.05) is 5.32 Å². The van der Waals surface area contributed by atoms with Gasteiger partial charge in [0.25, 0.3) is 5.91 Å².